The summed E-state index contributed by atoms with van der Waals surface area (Å²) in [5.41, 5.74) is 0.836. The van der Waals surface area contributed by atoms with Gasteiger partial charge >= 0.3 is 0 Å². The van der Waals surface area contributed by atoms with Gasteiger partial charge in [0.2, 0.25) is 15.9 Å². The van der Waals surface area contributed by atoms with E-state index in [-0.39, 0.29) is 29.6 Å². The van der Waals surface area contributed by atoms with Gasteiger partial charge in [0.1, 0.15) is 4.90 Å². The topological polar surface area (TPSA) is 104 Å². The third-order valence-electron chi connectivity index (χ3n) is 6.35. The molecule has 0 atom stereocenters. The minimum atomic E-state index is -3.80. The smallest absolute Gasteiger partial charge is 0.261 e. The second-order valence-corrected chi connectivity index (χ2v) is 10.4. The van der Waals surface area contributed by atoms with Crippen molar-refractivity contribution in [2.45, 2.75) is 49.5 Å². The van der Waals surface area contributed by atoms with Crippen LogP contribution in [0.5, 0.6) is 0 Å². The van der Waals surface area contributed by atoms with Crippen molar-refractivity contribution in [1.82, 2.24) is 9.21 Å². The number of sulfonamides is 1. The molecule has 174 valence electrons. The molecule has 1 aliphatic carbocycles. The summed E-state index contributed by atoms with van der Waals surface area (Å²) in [6.07, 6.45) is 4.62. The Morgan fingerprint density at radius 1 is 0.970 bits per heavy atom. The molecule has 3 amide bonds. The number of rotatable bonds is 7. The summed E-state index contributed by atoms with van der Waals surface area (Å²) in [7, 11) is -2.21. The quantitative estimate of drug-likeness (QED) is 0.627. The summed E-state index contributed by atoms with van der Waals surface area (Å²) in [6, 6.07) is 12.8. The Balaban J connectivity index is 1.44. The van der Waals surface area contributed by atoms with E-state index in [9.17, 15) is 22.8 Å². The molecule has 2 aromatic carbocycles. The number of nitrogens with one attached hydrogen (secondary N) is 1. The first-order valence-electron chi connectivity index (χ1n) is 11.1. The fraction of sp³-hybridized carbons (Fsp3) is 0.375. The number of carbonyl (C=O) groups is 3. The summed E-state index contributed by atoms with van der Waals surface area (Å²) >= 11 is 0. The molecule has 33 heavy (non-hydrogen) atoms. The largest absolute Gasteiger partial charge is 0.325 e. The first kappa shape index (κ1) is 23.1. The first-order chi connectivity index (χ1) is 15.8. The van der Waals surface area contributed by atoms with Crippen LogP contribution in [-0.2, 0) is 14.8 Å². The van der Waals surface area contributed by atoms with Gasteiger partial charge in [0.25, 0.3) is 11.8 Å². The molecule has 9 heteroatoms. The molecule has 8 nitrogen and oxygen atoms in total. The number of carbonyl (C=O) groups excluding carboxylic acids is 3. The summed E-state index contributed by atoms with van der Waals surface area (Å²) < 4.78 is 28.0. The highest BCUT2D eigenvalue weighted by molar-refractivity contribution is 7.89. The number of fused-ring (bicyclic) bond motifs is 1. The Bertz CT molecular complexity index is 1150. The van der Waals surface area contributed by atoms with E-state index in [0.29, 0.717) is 11.1 Å². The van der Waals surface area contributed by atoms with Gasteiger partial charge in [-0.2, -0.15) is 4.31 Å². The average molecular weight is 470 g/mol. The highest BCUT2D eigenvalue weighted by Gasteiger charge is 2.35. The number of anilines is 1. The molecule has 0 spiro atoms. The van der Waals surface area contributed by atoms with Gasteiger partial charge in [-0.25, -0.2) is 8.42 Å². The van der Waals surface area contributed by atoms with E-state index in [1.54, 1.807) is 49.5 Å². The standard InChI is InChI=1S/C24H27N3O5S/c1-26(17-9-3-2-4-10-17)33(31,32)21-14-8-7-13-20(21)25-22(28)15-16-27-23(29)18-11-5-6-12-19(18)24(27)30/h5-8,11-14,17H,2-4,9-10,15-16H2,1H3,(H,25,28). The van der Waals surface area contributed by atoms with Gasteiger partial charge in [-0.3, -0.25) is 19.3 Å². The van der Waals surface area contributed by atoms with Gasteiger partial charge in [-0.1, -0.05) is 43.5 Å². The lowest BCUT2D eigenvalue weighted by Crippen LogP contribution is -2.38. The Morgan fingerprint density at radius 2 is 1.55 bits per heavy atom. The number of amides is 3. The van der Waals surface area contributed by atoms with Gasteiger partial charge in [0.05, 0.1) is 16.8 Å². The summed E-state index contributed by atoms with van der Waals surface area (Å²) in [6.45, 7) is -0.0882. The maximum Gasteiger partial charge on any atom is 0.261 e. The number of benzene rings is 2. The van der Waals surface area contributed by atoms with Crippen LogP contribution in [0.4, 0.5) is 5.69 Å². The molecule has 2 aliphatic rings. The zero-order valence-corrected chi connectivity index (χ0v) is 19.3. The molecule has 0 bridgehead atoms. The highest BCUT2D eigenvalue weighted by atomic mass is 32.2. The van der Waals surface area contributed by atoms with E-state index in [4.69, 9.17) is 0 Å². The maximum absolute atomic E-state index is 13.3. The van der Waals surface area contributed by atoms with Crippen LogP contribution in [0.25, 0.3) is 0 Å². The lowest BCUT2D eigenvalue weighted by molar-refractivity contribution is -0.116. The predicted octanol–water partition coefficient (Wildman–Crippen LogP) is 3.26. The Morgan fingerprint density at radius 3 is 2.18 bits per heavy atom. The van der Waals surface area contributed by atoms with E-state index < -0.39 is 27.7 Å². The number of imide groups is 1. The minimum absolute atomic E-state index is 0.0344. The lowest BCUT2D eigenvalue weighted by Gasteiger charge is -2.30. The highest BCUT2D eigenvalue weighted by Crippen LogP contribution is 2.30. The van der Waals surface area contributed by atoms with Crippen molar-refractivity contribution >= 4 is 33.4 Å². The Hall–Kier alpha value is -3.04. The Labute approximate surface area is 193 Å². The van der Waals surface area contributed by atoms with Crippen molar-refractivity contribution < 1.29 is 22.8 Å². The van der Waals surface area contributed by atoms with E-state index >= 15 is 0 Å². The van der Waals surface area contributed by atoms with Crippen molar-refractivity contribution in [3.05, 3.63) is 59.7 Å². The number of hydrogen-bond donors (Lipinski definition) is 1. The molecule has 0 unspecified atom stereocenters. The first-order valence-corrected chi connectivity index (χ1v) is 12.6. The van der Waals surface area contributed by atoms with Crippen LogP contribution in [0.15, 0.2) is 53.4 Å². The maximum atomic E-state index is 13.3. The van der Waals surface area contributed by atoms with Crippen LogP contribution in [0, 0.1) is 0 Å². The van der Waals surface area contributed by atoms with Gasteiger partial charge in [-0.15, -0.1) is 0 Å². The van der Waals surface area contributed by atoms with Gasteiger partial charge in [-0.05, 0) is 37.1 Å². The van der Waals surface area contributed by atoms with E-state index in [2.05, 4.69) is 5.32 Å². The summed E-state index contributed by atoms with van der Waals surface area (Å²) in [4.78, 5) is 38.7. The van der Waals surface area contributed by atoms with E-state index in [1.165, 1.54) is 10.4 Å². The van der Waals surface area contributed by atoms with Gasteiger partial charge < -0.3 is 5.32 Å². The van der Waals surface area contributed by atoms with Crippen LogP contribution in [-0.4, -0.2) is 55.0 Å². The molecule has 1 saturated carbocycles. The predicted molar refractivity (Wildman–Crippen MR) is 123 cm³/mol. The molecule has 4 rings (SSSR count). The fourth-order valence-corrected chi connectivity index (χ4v) is 6.02. The van der Waals surface area contributed by atoms with Crippen molar-refractivity contribution in [1.29, 1.82) is 0 Å². The average Bonchev–Trinajstić information content (AvgIpc) is 3.07. The molecule has 0 aromatic heterocycles. The van der Waals surface area contributed by atoms with E-state index in [1.807, 2.05) is 0 Å². The van der Waals surface area contributed by atoms with Gasteiger partial charge in [0, 0.05) is 26.1 Å². The molecule has 0 radical (unpaired) electrons. The second kappa shape index (κ2) is 9.44. The number of hydrogen-bond acceptors (Lipinski definition) is 5. The SMILES string of the molecule is CN(C1CCCCC1)S(=O)(=O)c1ccccc1NC(=O)CCN1C(=O)c2ccccc2C1=O. The molecule has 1 heterocycles. The monoisotopic (exact) mass is 469 g/mol. The summed E-state index contributed by atoms with van der Waals surface area (Å²) in [5.74, 6) is -1.34. The minimum Gasteiger partial charge on any atom is -0.325 e. The van der Waals surface area contributed by atoms with Crippen molar-refractivity contribution in [3.63, 3.8) is 0 Å². The molecular formula is C24H27N3O5S. The third kappa shape index (κ3) is 4.56. The molecule has 1 fully saturated rings. The summed E-state index contributed by atoms with van der Waals surface area (Å²) in [5, 5.41) is 2.66. The van der Waals surface area contributed by atoms with E-state index in [0.717, 1.165) is 37.0 Å². The van der Waals surface area contributed by atoms with Crippen LogP contribution in [0.2, 0.25) is 0 Å². The molecule has 2 aromatic rings. The van der Waals surface area contributed by atoms with Crippen molar-refractivity contribution in [3.8, 4) is 0 Å². The van der Waals surface area contributed by atoms with Crippen molar-refractivity contribution in [2.75, 3.05) is 18.9 Å². The fourth-order valence-electron chi connectivity index (χ4n) is 4.46. The third-order valence-corrected chi connectivity index (χ3v) is 8.32. The van der Waals surface area contributed by atoms with Crippen LogP contribution in [0.3, 0.4) is 0 Å². The molecular weight excluding hydrogens is 442 g/mol. The molecule has 1 N–H and O–H groups in total. The zero-order chi connectivity index (χ0) is 23.6. The number of para-hydroxylation sites is 1. The van der Waals surface area contributed by atoms with Crippen LogP contribution < -0.4 is 5.32 Å². The second-order valence-electron chi connectivity index (χ2n) is 8.41. The van der Waals surface area contributed by atoms with Gasteiger partial charge in [0.15, 0.2) is 0 Å². The van der Waals surface area contributed by atoms with Crippen LogP contribution >= 0.6 is 0 Å². The lowest BCUT2D eigenvalue weighted by atomic mass is 9.96. The zero-order valence-electron chi connectivity index (χ0n) is 18.5. The number of nitrogens with zero attached hydrogens (tertiary/aromatic N) is 2. The van der Waals surface area contributed by atoms with Crippen molar-refractivity contribution in [2.24, 2.45) is 0 Å². The Kier molecular flexibility index (Phi) is 6.62. The normalized spacial score (nSPS) is 16.8. The molecule has 0 saturated heterocycles. The molecule has 1 aliphatic heterocycles. The van der Waals surface area contributed by atoms with Crippen LogP contribution in [0.1, 0.15) is 59.2 Å².